The van der Waals surface area contributed by atoms with Gasteiger partial charge in [0.05, 0.1) is 63.9 Å². The number of carbonyl (C=O) groups excluding carboxylic acids is 4. The number of ether oxygens (including phenoxy) is 6. The number of carbonyl (C=O) groups is 4. The number of ketones is 1. The van der Waals surface area contributed by atoms with Crippen LogP contribution < -0.4 is 20.8 Å². The summed E-state index contributed by atoms with van der Waals surface area (Å²) in [6.07, 6.45) is 18.0. The first-order valence-electron chi connectivity index (χ1n) is 20.2. The average Bonchev–Trinajstić information content (AvgIpc) is 3.15. The highest BCUT2D eigenvalue weighted by Gasteiger charge is 2.73. The third-order valence-electron chi connectivity index (χ3n) is 10.1. The van der Waals surface area contributed by atoms with E-state index >= 15 is 0 Å². The minimum Gasteiger partial charge on any atom is -0.800 e. The van der Waals surface area contributed by atoms with Gasteiger partial charge >= 0.3 is 0 Å². The summed E-state index contributed by atoms with van der Waals surface area (Å²) >= 11 is 5.38. The molecule has 3 aliphatic rings. The van der Waals surface area contributed by atoms with E-state index in [9.17, 15) is 24.1 Å². The molecule has 3 saturated carbocycles. The van der Waals surface area contributed by atoms with Crippen molar-refractivity contribution in [3.8, 4) is 37.0 Å². The van der Waals surface area contributed by atoms with Gasteiger partial charge < -0.3 is 53.8 Å². The van der Waals surface area contributed by atoms with Gasteiger partial charge in [0.15, 0.2) is 0 Å². The van der Waals surface area contributed by atoms with E-state index in [2.05, 4.69) is 33.7 Å². The summed E-state index contributed by atoms with van der Waals surface area (Å²) < 4.78 is 38.1. The van der Waals surface area contributed by atoms with Crippen LogP contribution >= 0.6 is 6.49 Å². The van der Waals surface area contributed by atoms with Crippen LogP contribution in [0.15, 0.2) is 0 Å². The van der Waals surface area contributed by atoms with Crippen molar-refractivity contribution >= 4 is 41.8 Å². The first kappa shape index (κ1) is 52.2. The lowest BCUT2D eigenvalue weighted by Gasteiger charge is -2.70. The molecule has 0 aromatic carbocycles. The summed E-state index contributed by atoms with van der Waals surface area (Å²) in [6, 6.07) is 0. The van der Waals surface area contributed by atoms with E-state index in [1.54, 1.807) is 20.8 Å². The Kier molecular flexibility index (Phi) is 24.0. The number of amides is 3. The van der Waals surface area contributed by atoms with Gasteiger partial charge in [-0.15, -0.1) is 19.3 Å². The fourth-order valence-corrected chi connectivity index (χ4v) is 8.15. The molecule has 1 unspecified atom stereocenters. The van der Waals surface area contributed by atoms with Gasteiger partial charge in [-0.05, 0) is 44.9 Å². The highest BCUT2D eigenvalue weighted by atomic mass is 32.5. The minimum atomic E-state index is -3.40. The zero-order valence-electron chi connectivity index (χ0n) is 35.2. The van der Waals surface area contributed by atoms with Crippen LogP contribution in [-0.2, 0) is 63.9 Å². The lowest BCUT2D eigenvalue weighted by atomic mass is 9.41. The molecule has 3 N–H and O–H groups in total. The number of hydrogen-bond donors (Lipinski definition) is 3. The van der Waals surface area contributed by atoms with Crippen molar-refractivity contribution in [1.29, 1.82) is 0 Å². The SMILES string of the molecule is C#CCOCCOCCCC(=O)CCC(CCC(=O)NCCOCCOCC#C)(CCC(=O)NCCOCCOCC#C)NC(=O)C12CC(OP([O-])(=S)C(C)(C)C)(C1)C2. The van der Waals surface area contributed by atoms with E-state index in [1.165, 1.54) is 0 Å². The van der Waals surface area contributed by atoms with Crippen LogP contribution in [0.2, 0.25) is 0 Å². The molecule has 3 aliphatic carbocycles. The van der Waals surface area contributed by atoms with Crippen molar-refractivity contribution in [1.82, 2.24) is 16.0 Å². The zero-order valence-corrected chi connectivity index (χ0v) is 36.9. The number of Topliss-reactive ketones (excluding diaryl/α,β-unsaturated/α-hetero) is 1. The predicted molar refractivity (Wildman–Crippen MR) is 224 cm³/mol. The Morgan fingerprint density at radius 1 is 0.661 bits per heavy atom. The molecule has 0 aliphatic heterocycles. The first-order valence-corrected chi connectivity index (χ1v) is 22.9. The molecule has 0 radical (unpaired) electrons. The smallest absolute Gasteiger partial charge is 0.226 e. The zero-order chi connectivity index (χ0) is 43.7. The van der Waals surface area contributed by atoms with Crippen LogP contribution in [0.5, 0.6) is 0 Å². The first-order chi connectivity index (χ1) is 28.1. The van der Waals surface area contributed by atoms with Crippen LogP contribution in [0.3, 0.4) is 0 Å². The maximum absolute atomic E-state index is 14.2. The molecule has 3 fully saturated rings. The quantitative estimate of drug-likeness (QED) is 0.0478. The Labute approximate surface area is 356 Å². The highest BCUT2D eigenvalue weighted by molar-refractivity contribution is 8.09. The normalized spacial score (nSPS) is 19.1. The highest BCUT2D eigenvalue weighted by Crippen LogP contribution is 2.74. The van der Waals surface area contributed by atoms with Crippen molar-refractivity contribution < 1.29 is 57.0 Å². The monoisotopic (exact) mass is 866 g/mol. The largest absolute Gasteiger partial charge is 0.800 e. The number of hydrogen-bond acceptors (Lipinski definition) is 13. The molecule has 1 atom stereocenters. The number of nitrogens with one attached hydrogen (secondary N) is 3. The molecule has 15 nitrogen and oxygen atoms in total. The van der Waals surface area contributed by atoms with Crippen LogP contribution in [0.25, 0.3) is 0 Å². The fraction of sp³-hybridized carbons (Fsp3) is 0.762. The van der Waals surface area contributed by atoms with E-state index in [4.69, 9.17) is 64.0 Å². The molecule has 0 spiro atoms. The Morgan fingerprint density at radius 2 is 1.08 bits per heavy atom. The fourth-order valence-electron chi connectivity index (χ4n) is 6.70. The van der Waals surface area contributed by atoms with E-state index in [-0.39, 0.29) is 115 Å². The predicted octanol–water partition coefficient (Wildman–Crippen LogP) is 2.17. The summed E-state index contributed by atoms with van der Waals surface area (Å²) in [5.41, 5.74) is -2.58. The second-order valence-corrected chi connectivity index (χ2v) is 19.9. The van der Waals surface area contributed by atoms with E-state index in [0.717, 1.165) is 0 Å². The number of rotatable bonds is 35. The van der Waals surface area contributed by atoms with Crippen LogP contribution in [-0.4, -0.2) is 132 Å². The summed E-state index contributed by atoms with van der Waals surface area (Å²) in [7, 11) is 0. The molecule has 0 saturated heterocycles. The Bertz CT molecular complexity index is 1380. The van der Waals surface area contributed by atoms with Gasteiger partial charge in [0.2, 0.25) is 17.7 Å². The van der Waals surface area contributed by atoms with E-state index in [1.807, 2.05) is 0 Å². The van der Waals surface area contributed by atoms with Gasteiger partial charge in [0.25, 0.3) is 0 Å². The molecule has 3 rings (SSSR count). The van der Waals surface area contributed by atoms with E-state index in [0.29, 0.717) is 71.9 Å². The molecule has 2 bridgehead atoms. The van der Waals surface area contributed by atoms with Crippen molar-refractivity contribution in [3.05, 3.63) is 0 Å². The van der Waals surface area contributed by atoms with E-state index < -0.39 is 28.2 Å². The Balaban J connectivity index is 2.14. The number of terminal acetylenes is 3. The maximum Gasteiger partial charge on any atom is 0.226 e. The van der Waals surface area contributed by atoms with Crippen molar-refractivity contribution in [2.24, 2.45) is 5.41 Å². The molecule has 17 heteroatoms. The molecule has 59 heavy (non-hydrogen) atoms. The van der Waals surface area contributed by atoms with Gasteiger partial charge in [0, 0.05) is 62.6 Å². The molecule has 0 aromatic heterocycles. The topological polar surface area (TPSA) is 192 Å². The van der Waals surface area contributed by atoms with Gasteiger partial charge in [-0.2, -0.15) is 0 Å². The third-order valence-corrected chi connectivity index (χ3v) is 14.2. The summed E-state index contributed by atoms with van der Waals surface area (Å²) in [5.74, 6) is 6.28. The maximum atomic E-state index is 14.2. The molecule has 0 aromatic rings. The van der Waals surface area contributed by atoms with Crippen molar-refractivity contribution in [2.45, 2.75) is 108 Å². The van der Waals surface area contributed by atoms with Crippen LogP contribution in [0, 0.1) is 42.4 Å². The van der Waals surface area contributed by atoms with Gasteiger partial charge in [-0.3, -0.25) is 19.2 Å². The summed E-state index contributed by atoms with van der Waals surface area (Å²) in [4.78, 5) is 66.9. The Morgan fingerprint density at radius 3 is 1.53 bits per heavy atom. The van der Waals surface area contributed by atoms with Gasteiger partial charge in [-0.25, -0.2) is 0 Å². The third kappa shape index (κ3) is 19.6. The van der Waals surface area contributed by atoms with Gasteiger partial charge in [0.1, 0.15) is 25.6 Å². The second-order valence-electron chi connectivity index (χ2n) is 15.9. The van der Waals surface area contributed by atoms with Gasteiger partial charge in [-0.1, -0.05) is 50.3 Å². The molecular formula is C42H65N3O12PS-. The average molecular weight is 867 g/mol. The molecule has 332 valence electrons. The Hall–Kier alpha value is -2.91. The lowest BCUT2D eigenvalue weighted by Crippen LogP contribution is -2.74. The lowest BCUT2D eigenvalue weighted by molar-refractivity contribution is -0.267. The van der Waals surface area contributed by atoms with Crippen molar-refractivity contribution in [3.63, 3.8) is 0 Å². The summed E-state index contributed by atoms with van der Waals surface area (Å²) in [5, 5.41) is 8.17. The standard InChI is InChI=1S/C42H66N3O12PS/c1-7-20-51-26-29-54-23-10-11-35(46)12-15-41(16-13-36(47)43-18-24-55-30-27-52-21-8-2,17-14-37(48)44-19-25-56-31-28-53-22-9-3)45-38(49)40-32-42(33-40,34-40)57-58(50,59)39(4,5)6/h1-3H,10-34H2,4-6H3,(H,43,47)(H,44,48)(H,45,49)(H,50,59)/p-1. The molecular weight excluding hydrogens is 802 g/mol. The van der Waals surface area contributed by atoms with Crippen LogP contribution in [0.1, 0.15) is 91.4 Å². The second kappa shape index (κ2) is 27.1. The summed E-state index contributed by atoms with van der Waals surface area (Å²) in [6.45, 7) is 5.85. The van der Waals surface area contributed by atoms with Crippen LogP contribution in [0.4, 0.5) is 0 Å². The van der Waals surface area contributed by atoms with Crippen molar-refractivity contribution in [2.75, 3.05) is 92.4 Å². The molecule has 0 heterocycles. The minimum absolute atomic E-state index is 0.0112. The molecule has 3 amide bonds.